The number of tetrazole rings is 1. The molecule has 0 aromatic carbocycles. The second kappa shape index (κ2) is 2.75. The van der Waals surface area contributed by atoms with Gasteiger partial charge >= 0.3 is 0 Å². The Morgan fingerprint density at radius 1 is 1.78 bits per heavy atom. The Labute approximate surface area is 50.8 Å². The summed E-state index contributed by atoms with van der Waals surface area (Å²) in [6.07, 6.45) is 3.67. The summed E-state index contributed by atoms with van der Waals surface area (Å²) in [4.78, 5) is 0. The van der Waals surface area contributed by atoms with Gasteiger partial charge in [0.1, 0.15) is 0 Å². The van der Waals surface area contributed by atoms with Gasteiger partial charge in [0.05, 0.1) is 12.8 Å². The highest BCUT2D eigenvalue weighted by Gasteiger charge is 1.86. The van der Waals surface area contributed by atoms with Gasteiger partial charge in [-0.15, -0.1) is 10.3 Å². The van der Waals surface area contributed by atoms with Crippen molar-refractivity contribution in [3.8, 4) is 0 Å². The van der Waals surface area contributed by atoms with Crippen molar-refractivity contribution in [2.45, 2.75) is 6.54 Å². The van der Waals surface area contributed by atoms with Crippen molar-refractivity contribution in [3.63, 3.8) is 0 Å². The van der Waals surface area contributed by atoms with Crippen molar-refractivity contribution in [1.82, 2.24) is 20.2 Å². The lowest BCUT2D eigenvalue weighted by molar-refractivity contribution is 0.319. The third-order valence-electron chi connectivity index (χ3n) is 0.689. The summed E-state index contributed by atoms with van der Waals surface area (Å²) in [5, 5.41) is 20.7. The van der Waals surface area contributed by atoms with E-state index >= 15 is 0 Å². The van der Waals surface area contributed by atoms with Crippen LogP contribution in [0.25, 0.3) is 0 Å². The maximum absolute atomic E-state index is 7.94. The second-order valence-corrected chi connectivity index (χ2v) is 1.26. The molecule has 6 nitrogen and oxygen atoms in total. The SMILES string of the molecule is O/N=C/Cn1[c]nnn1. The first-order valence-electron chi connectivity index (χ1n) is 2.23. The lowest BCUT2D eigenvalue weighted by atomic mass is 10.7. The molecule has 1 aromatic heterocycles. The van der Waals surface area contributed by atoms with Crippen LogP contribution < -0.4 is 0 Å². The lowest BCUT2D eigenvalue weighted by Gasteiger charge is -1.84. The molecule has 0 aliphatic rings. The molecule has 9 heavy (non-hydrogen) atoms. The summed E-state index contributed by atoms with van der Waals surface area (Å²) < 4.78 is 1.31. The summed E-state index contributed by atoms with van der Waals surface area (Å²) in [6, 6.07) is 0. The molecule has 0 atom stereocenters. The molecule has 1 rings (SSSR count). The minimum Gasteiger partial charge on any atom is -0.411 e. The normalized spacial score (nSPS) is 10.7. The molecular formula is C3H4N5O. The van der Waals surface area contributed by atoms with E-state index in [1.54, 1.807) is 0 Å². The molecule has 0 spiro atoms. The van der Waals surface area contributed by atoms with Crippen molar-refractivity contribution >= 4 is 6.21 Å². The molecule has 0 bridgehead atoms. The molecule has 0 amide bonds. The van der Waals surface area contributed by atoms with Crippen LogP contribution in [0.15, 0.2) is 5.16 Å². The smallest absolute Gasteiger partial charge is 0.221 e. The van der Waals surface area contributed by atoms with E-state index in [0.29, 0.717) is 6.54 Å². The Balaban J connectivity index is 2.48. The van der Waals surface area contributed by atoms with Crippen LogP contribution in [0.4, 0.5) is 0 Å². The Bertz CT molecular complexity index is 180. The van der Waals surface area contributed by atoms with Crippen LogP contribution >= 0.6 is 0 Å². The molecule has 6 heteroatoms. The molecule has 0 saturated heterocycles. The summed E-state index contributed by atoms with van der Waals surface area (Å²) in [6.45, 7) is 0.337. The molecule has 0 unspecified atom stereocenters. The summed E-state index contributed by atoms with van der Waals surface area (Å²) in [7, 11) is 0. The average Bonchev–Trinajstić information content (AvgIpc) is 2.34. The lowest BCUT2D eigenvalue weighted by Crippen LogP contribution is -1.99. The van der Waals surface area contributed by atoms with Gasteiger partial charge in [-0.3, -0.25) is 0 Å². The first kappa shape index (κ1) is 5.67. The van der Waals surface area contributed by atoms with Crippen molar-refractivity contribution in [1.29, 1.82) is 0 Å². The molecule has 1 N–H and O–H groups in total. The Morgan fingerprint density at radius 2 is 2.67 bits per heavy atom. The van der Waals surface area contributed by atoms with Crippen molar-refractivity contribution in [2.75, 3.05) is 0 Å². The highest BCUT2D eigenvalue weighted by molar-refractivity contribution is 5.55. The largest absolute Gasteiger partial charge is 0.411 e. The molecular weight excluding hydrogens is 122 g/mol. The molecule has 1 aromatic rings. The number of hydrogen-bond acceptors (Lipinski definition) is 5. The fourth-order valence-electron chi connectivity index (χ4n) is 0.351. The van der Waals surface area contributed by atoms with Gasteiger partial charge in [-0.05, 0) is 10.4 Å². The number of hydrogen-bond donors (Lipinski definition) is 1. The highest BCUT2D eigenvalue weighted by Crippen LogP contribution is 1.70. The number of nitrogens with zero attached hydrogens (tertiary/aromatic N) is 5. The van der Waals surface area contributed by atoms with E-state index in [4.69, 9.17) is 5.21 Å². The van der Waals surface area contributed by atoms with Gasteiger partial charge in [0.2, 0.25) is 6.33 Å². The van der Waals surface area contributed by atoms with Gasteiger partial charge in [-0.1, -0.05) is 0 Å². The minimum absolute atomic E-state index is 0.337. The van der Waals surface area contributed by atoms with Gasteiger partial charge in [0.25, 0.3) is 0 Å². The van der Waals surface area contributed by atoms with Gasteiger partial charge in [-0.25, -0.2) is 4.68 Å². The Hall–Kier alpha value is -1.46. The van der Waals surface area contributed by atoms with Gasteiger partial charge in [-0.2, -0.15) is 0 Å². The van der Waals surface area contributed by atoms with E-state index in [9.17, 15) is 0 Å². The second-order valence-electron chi connectivity index (χ2n) is 1.26. The molecule has 0 fully saturated rings. The first-order chi connectivity index (χ1) is 4.43. The molecule has 47 valence electrons. The van der Waals surface area contributed by atoms with Crippen LogP contribution in [-0.4, -0.2) is 31.6 Å². The zero-order chi connectivity index (χ0) is 6.53. The number of oxime groups is 1. The molecule has 1 radical (unpaired) electrons. The van der Waals surface area contributed by atoms with E-state index in [1.165, 1.54) is 10.9 Å². The summed E-state index contributed by atoms with van der Waals surface area (Å²) in [5.74, 6) is 0. The van der Waals surface area contributed by atoms with Crippen LogP contribution in [0.1, 0.15) is 0 Å². The topological polar surface area (TPSA) is 76.2 Å². The zero-order valence-electron chi connectivity index (χ0n) is 4.47. The van der Waals surface area contributed by atoms with Crippen LogP contribution in [-0.2, 0) is 6.54 Å². The van der Waals surface area contributed by atoms with E-state index in [-0.39, 0.29) is 0 Å². The predicted molar refractivity (Wildman–Crippen MR) is 26.9 cm³/mol. The van der Waals surface area contributed by atoms with E-state index in [0.717, 1.165) is 0 Å². The molecule has 0 saturated carbocycles. The quantitative estimate of drug-likeness (QED) is 0.311. The van der Waals surface area contributed by atoms with Crippen LogP contribution in [0.2, 0.25) is 0 Å². The van der Waals surface area contributed by atoms with Gasteiger partial charge in [0, 0.05) is 0 Å². The third-order valence-corrected chi connectivity index (χ3v) is 0.689. The van der Waals surface area contributed by atoms with E-state index in [2.05, 4.69) is 27.0 Å². The first-order valence-corrected chi connectivity index (χ1v) is 2.23. The Morgan fingerprint density at radius 3 is 3.22 bits per heavy atom. The van der Waals surface area contributed by atoms with Gasteiger partial charge in [0.15, 0.2) is 0 Å². The Kier molecular flexibility index (Phi) is 1.73. The summed E-state index contributed by atoms with van der Waals surface area (Å²) in [5.41, 5.74) is 0. The van der Waals surface area contributed by atoms with E-state index < -0.39 is 0 Å². The third kappa shape index (κ3) is 1.48. The maximum Gasteiger partial charge on any atom is 0.221 e. The molecule has 1 heterocycles. The number of aromatic nitrogens is 4. The monoisotopic (exact) mass is 126 g/mol. The van der Waals surface area contributed by atoms with Crippen LogP contribution in [0, 0.1) is 6.33 Å². The fraction of sp³-hybridized carbons (Fsp3) is 0.333. The highest BCUT2D eigenvalue weighted by atomic mass is 16.4. The van der Waals surface area contributed by atoms with Crippen molar-refractivity contribution in [3.05, 3.63) is 6.33 Å². The zero-order valence-corrected chi connectivity index (χ0v) is 4.47. The van der Waals surface area contributed by atoms with Gasteiger partial charge < -0.3 is 5.21 Å². The van der Waals surface area contributed by atoms with E-state index in [1.807, 2.05) is 0 Å². The number of rotatable bonds is 2. The van der Waals surface area contributed by atoms with Crippen molar-refractivity contribution < 1.29 is 5.21 Å². The maximum atomic E-state index is 7.94. The fourth-order valence-corrected chi connectivity index (χ4v) is 0.351. The van der Waals surface area contributed by atoms with Crippen molar-refractivity contribution in [2.24, 2.45) is 5.16 Å². The molecule has 0 aliphatic heterocycles. The summed E-state index contributed by atoms with van der Waals surface area (Å²) >= 11 is 0. The molecule has 0 aliphatic carbocycles. The van der Waals surface area contributed by atoms with Crippen LogP contribution in [0.5, 0.6) is 0 Å². The predicted octanol–water partition coefficient (Wildman–Crippen LogP) is -1.07. The minimum atomic E-state index is 0.337. The van der Waals surface area contributed by atoms with Crippen LogP contribution in [0.3, 0.4) is 0 Å². The average molecular weight is 126 g/mol. The standard InChI is InChI=1S/C3H4N5O/c9-5-1-2-8-3-4-6-7-8/h1,9H,2H2/b5-1+.